The molecule has 0 saturated heterocycles. The number of aromatic nitrogens is 2. The van der Waals surface area contributed by atoms with Gasteiger partial charge < -0.3 is 19.0 Å². The van der Waals surface area contributed by atoms with Crippen molar-refractivity contribution in [3.05, 3.63) is 42.5 Å². The third kappa shape index (κ3) is 9.41. The Balaban J connectivity index is 0. The van der Waals surface area contributed by atoms with Crippen LogP contribution in [0.25, 0.3) is 0 Å². The molecule has 1 aromatic heterocycles. The molecule has 0 atom stereocenters. The van der Waals surface area contributed by atoms with Gasteiger partial charge >= 0.3 is 51.4 Å². The maximum absolute atomic E-state index is 10.5. The Morgan fingerprint density at radius 3 is 2.33 bits per heavy atom. The van der Waals surface area contributed by atoms with Gasteiger partial charge in [-0.25, -0.2) is 6.07 Å². The van der Waals surface area contributed by atoms with Crippen LogP contribution in [0, 0.1) is 20.0 Å². The summed E-state index contributed by atoms with van der Waals surface area (Å²) in [5, 5.41) is 12.1. The van der Waals surface area contributed by atoms with Crippen LogP contribution in [-0.4, -0.2) is 21.0 Å². The minimum Gasteiger partial charge on any atom is -0.398 e. The first kappa shape index (κ1) is 17.9. The normalized spacial score (nSPS) is 8.87. The molecule has 0 bridgehead atoms. The number of hydrogen-bond donors (Lipinski definition) is 1. The van der Waals surface area contributed by atoms with Crippen LogP contribution in [-0.2, 0) is 7.05 Å². The van der Waals surface area contributed by atoms with Gasteiger partial charge in [0.15, 0.2) is 5.56 Å². The summed E-state index contributed by atoms with van der Waals surface area (Å²) in [6.45, 7) is 6.93. The summed E-state index contributed by atoms with van der Waals surface area (Å²) in [6, 6.07) is 2.90. The standard InChI is InChI=1S/C5H5N2O.C5H10O.K/c1-7-5(8)3-2-4-6-7;1-3-5(6)4-2;/h2-3H,1H3;5-6H,1-4H2;/q-1;-2;+1. The van der Waals surface area contributed by atoms with E-state index in [1.165, 1.54) is 16.8 Å². The van der Waals surface area contributed by atoms with Gasteiger partial charge in [0.2, 0.25) is 0 Å². The summed E-state index contributed by atoms with van der Waals surface area (Å²) in [7, 11) is 1.58. The molecule has 1 N–H and O–H groups in total. The summed E-state index contributed by atoms with van der Waals surface area (Å²) in [6.07, 6.45) is 3.37. The Hall–Kier alpha value is 0.476. The predicted octanol–water partition coefficient (Wildman–Crippen LogP) is -2.62. The summed E-state index contributed by atoms with van der Waals surface area (Å²) < 4.78 is 1.22. The zero-order chi connectivity index (χ0) is 11.0. The summed E-state index contributed by atoms with van der Waals surface area (Å²) in [4.78, 5) is 10.5. The minimum atomic E-state index is -0.287. The van der Waals surface area contributed by atoms with Crippen molar-refractivity contribution in [2.24, 2.45) is 7.05 Å². The fraction of sp³-hybridized carbons (Fsp3) is 0.400. The molecular weight excluding hydrogens is 219 g/mol. The van der Waals surface area contributed by atoms with Gasteiger partial charge in [-0.3, -0.25) is 14.6 Å². The number of rotatable bonds is 2. The first-order valence-corrected chi connectivity index (χ1v) is 4.28. The van der Waals surface area contributed by atoms with E-state index < -0.39 is 0 Å². The average Bonchev–Trinajstić information content (AvgIpc) is 2.22. The second-order valence-corrected chi connectivity index (χ2v) is 2.66. The molecule has 0 aromatic carbocycles. The molecule has 0 aliphatic heterocycles. The van der Waals surface area contributed by atoms with E-state index in [0.29, 0.717) is 12.8 Å². The molecule has 0 aliphatic rings. The van der Waals surface area contributed by atoms with Gasteiger partial charge in [0, 0.05) is 7.05 Å². The molecule has 0 fully saturated rings. The number of hydrogen-bond acceptors (Lipinski definition) is 3. The number of aryl methyl sites for hydroxylation is 1. The monoisotopic (exact) mass is 234 g/mol. The summed E-state index contributed by atoms with van der Waals surface area (Å²) in [5.41, 5.74) is -0.108. The largest absolute Gasteiger partial charge is 1.00 e. The molecule has 0 spiro atoms. The topological polar surface area (TPSA) is 55.1 Å². The van der Waals surface area contributed by atoms with Gasteiger partial charge in [0.1, 0.15) is 0 Å². The van der Waals surface area contributed by atoms with Crippen LogP contribution in [0.15, 0.2) is 16.9 Å². The Kier molecular flexibility index (Phi) is 13.1. The van der Waals surface area contributed by atoms with E-state index in [9.17, 15) is 4.79 Å². The van der Waals surface area contributed by atoms with E-state index in [1.807, 2.05) is 0 Å². The fourth-order valence-corrected chi connectivity index (χ4v) is 0.530. The second kappa shape index (κ2) is 11.0. The van der Waals surface area contributed by atoms with Gasteiger partial charge in [-0.2, -0.15) is 12.8 Å². The van der Waals surface area contributed by atoms with Crippen molar-refractivity contribution in [1.82, 2.24) is 9.78 Å². The Morgan fingerprint density at radius 1 is 1.60 bits per heavy atom. The van der Waals surface area contributed by atoms with Crippen molar-refractivity contribution in [3.8, 4) is 0 Å². The quantitative estimate of drug-likeness (QED) is 0.450. The number of nitrogens with zero attached hydrogens (tertiary/aromatic N) is 2. The van der Waals surface area contributed by atoms with E-state index in [-0.39, 0.29) is 63.0 Å². The van der Waals surface area contributed by atoms with E-state index in [1.54, 1.807) is 7.05 Å². The maximum atomic E-state index is 10.5. The molecule has 80 valence electrons. The SMILES string of the molecule is Cn1n[c-]ccc1=O.[CH2-]CC(O)C[CH2-].[K+]. The smallest absolute Gasteiger partial charge is 0.398 e. The minimum absolute atomic E-state index is 0. The molecule has 0 unspecified atom stereocenters. The molecule has 1 heterocycles. The maximum Gasteiger partial charge on any atom is 1.00 e. The molecule has 0 aliphatic carbocycles. The van der Waals surface area contributed by atoms with Gasteiger partial charge in [-0.05, 0) is 6.10 Å². The van der Waals surface area contributed by atoms with Gasteiger partial charge in [-0.1, -0.05) is 0 Å². The Labute approximate surface area is 133 Å². The van der Waals surface area contributed by atoms with Crippen molar-refractivity contribution >= 4 is 0 Å². The zero-order valence-corrected chi connectivity index (χ0v) is 12.4. The van der Waals surface area contributed by atoms with E-state index >= 15 is 0 Å². The molecular formula is C10H15KN2O2-2. The molecule has 5 heteroatoms. The van der Waals surface area contributed by atoms with Crippen LogP contribution in [0.3, 0.4) is 0 Å². The van der Waals surface area contributed by atoms with Crippen LogP contribution >= 0.6 is 0 Å². The Morgan fingerprint density at radius 2 is 2.13 bits per heavy atom. The van der Waals surface area contributed by atoms with E-state index in [2.05, 4.69) is 25.1 Å². The molecule has 0 amide bonds. The van der Waals surface area contributed by atoms with Crippen molar-refractivity contribution < 1.29 is 56.5 Å². The van der Waals surface area contributed by atoms with E-state index in [0.717, 1.165) is 0 Å². The van der Waals surface area contributed by atoms with Crippen LogP contribution in [0.2, 0.25) is 0 Å². The van der Waals surface area contributed by atoms with E-state index in [4.69, 9.17) is 5.11 Å². The van der Waals surface area contributed by atoms with Gasteiger partial charge in [0.25, 0.3) is 0 Å². The molecule has 1 rings (SSSR count). The van der Waals surface area contributed by atoms with Crippen molar-refractivity contribution in [2.45, 2.75) is 18.9 Å². The van der Waals surface area contributed by atoms with Crippen molar-refractivity contribution in [3.63, 3.8) is 0 Å². The van der Waals surface area contributed by atoms with Crippen LogP contribution in [0.1, 0.15) is 12.8 Å². The second-order valence-electron chi connectivity index (χ2n) is 2.66. The average molecular weight is 234 g/mol. The number of aliphatic hydroxyl groups is 1. The predicted molar refractivity (Wildman–Crippen MR) is 54.3 cm³/mol. The molecule has 0 radical (unpaired) electrons. The first-order chi connectivity index (χ1) is 6.61. The van der Waals surface area contributed by atoms with Crippen LogP contribution < -0.4 is 56.9 Å². The number of aliphatic hydroxyl groups excluding tert-OH is 1. The first-order valence-electron chi connectivity index (χ1n) is 4.28. The zero-order valence-electron chi connectivity index (χ0n) is 9.31. The van der Waals surface area contributed by atoms with Crippen LogP contribution in [0.4, 0.5) is 0 Å². The Bertz CT molecular complexity index is 297. The van der Waals surface area contributed by atoms with Crippen molar-refractivity contribution in [1.29, 1.82) is 0 Å². The molecule has 4 nitrogen and oxygen atoms in total. The third-order valence-corrected chi connectivity index (χ3v) is 1.49. The van der Waals surface area contributed by atoms with Crippen molar-refractivity contribution in [2.75, 3.05) is 0 Å². The third-order valence-electron chi connectivity index (χ3n) is 1.49. The van der Waals surface area contributed by atoms with Gasteiger partial charge in [-0.15, -0.1) is 12.3 Å². The van der Waals surface area contributed by atoms with Crippen LogP contribution in [0.5, 0.6) is 0 Å². The molecule has 0 saturated carbocycles. The summed E-state index contributed by atoms with van der Waals surface area (Å²) >= 11 is 0. The molecule has 15 heavy (non-hydrogen) atoms. The fourth-order valence-electron chi connectivity index (χ4n) is 0.530. The molecule has 1 aromatic rings. The summed E-state index contributed by atoms with van der Waals surface area (Å²) in [5.74, 6) is 0. The van der Waals surface area contributed by atoms with Gasteiger partial charge in [0.05, 0.1) is 0 Å².